The second kappa shape index (κ2) is 7.18. The maximum atomic E-state index is 6.12. The monoisotopic (exact) mass is 283 g/mol. The van der Waals surface area contributed by atoms with Gasteiger partial charge in [0.05, 0.1) is 25.4 Å². The van der Waals surface area contributed by atoms with Gasteiger partial charge in [-0.25, -0.2) is 0 Å². The largest absolute Gasteiger partial charge is 0.378 e. The van der Waals surface area contributed by atoms with E-state index >= 15 is 0 Å². The number of nitrogens with zero attached hydrogens (tertiary/aromatic N) is 1. The first kappa shape index (κ1) is 14.7. The molecule has 5 heteroatoms. The lowest BCUT2D eigenvalue weighted by Crippen LogP contribution is -2.58. The molecular weight excluding hydrogens is 254 g/mol. The van der Waals surface area contributed by atoms with Gasteiger partial charge in [0, 0.05) is 44.9 Å². The molecule has 20 heavy (non-hydrogen) atoms. The fourth-order valence-electron chi connectivity index (χ4n) is 3.68. The molecule has 0 aromatic carbocycles. The molecule has 4 atom stereocenters. The minimum Gasteiger partial charge on any atom is -0.378 e. The molecule has 3 fully saturated rings. The normalized spacial score (nSPS) is 38.2. The summed E-state index contributed by atoms with van der Waals surface area (Å²) in [7, 11) is 0. The third-order valence-electron chi connectivity index (χ3n) is 4.81. The van der Waals surface area contributed by atoms with Crippen LogP contribution in [0, 0.1) is 0 Å². The standard InChI is InChI=1S/C15H29N3O2/c1-2-3-6-20-15-7-13-10-19-11-14(15)18(13)9-12-8-16-4-5-17-12/h12-17H,2-11H2,1H3/t12-,13?,14?,15?/m1/s1. The van der Waals surface area contributed by atoms with Crippen LogP contribution in [0.15, 0.2) is 0 Å². The summed E-state index contributed by atoms with van der Waals surface area (Å²) >= 11 is 0. The van der Waals surface area contributed by atoms with Crippen molar-refractivity contribution in [2.24, 2.45) is 0 Å². The number of ether oxygens (including phenoxy) is 2. The zero-order valence-corrected chi connectivity index (χ0v) is 12.6. The van der Waals surface area contributed by atoms with Crippen molar-refractivity contribution in [1.29, 1.82) is 0 Å². The quantitative estimate of drug-likeness (QED) is 0.682. The van der Waals surface area contributed by atoms with Gasteiger partial charge in [0.15, 0.2) is 0 Å². The Kier molecular flexibility index (Phi) is 5.29. The van der Waals surface area contributed by atoms with Crippen molar-refractivity contribution in [3.8, 4) is 0 Å². The molecule has 2 N–H and O–H groups in total. The highest BCUT2D eigenvalue weighted by Gasteiger charge is 2.45. The van der Waals surface area contributed by atoms with Gasteiger partial charge in [0.1, 0.15) is 0 Å². The van der Waals surface area contributed by atoms with Crippen molar-refractivity contribution >= 4 is 0 Å². The molecule has 3 aliphatic rings. The maximum absolute atomic E-state index is 6.12. The lowest BCUT2D eigenvalue weighted by Gasteiger charge is -2.38. The molecule has 5 nitrogen and oxygen atoms in total. The number of nitrogens with one attached hydrogen (secondary N) is 2. The van der Waals surface area contributed by atoms with Gasteiger partial charge in [0.2, 0.25) is 0 Å². The number of fused-ring (bicyclic) bond motifs is 2. The highest BCUT2D eigenvalue weighted by molar-refractivity contribution is 4.99. The SMILES string of the molecule is CCCCOC1CC2COCC1N2C[C@H]1CNCCN1. The highest BCUT2D eigenvalue weighted by atomic mass is 16.5. The summed E-state index contributed by atoms with van der Waals surface area (Å²) in [6.07, 6.45) is 3.90. The molecule has 2 bridgehead atoms. The highest BCUT2D eigenvalue weighted by Crippen LogP contribution is 2.31. The van der Waals surface area contributed by atoms with Crippen LogP contribution in [0.4, 0.5) is 0 Å². The molecule has 116 valence electrons. The van der Waals surface area contributed by atoms with Gasteiger partial charge in [-0.3, -0.25) is 4.90 Å². The number of hydrogen-bond donors (Lipinski definition) is 2. The molecule has 0 saturated carbocycles. The average Bonchev–Trinajstić information content (AvgIpc) is 2.67. The zero-order chi connectivity index (χ0) is 13.8. The maximum Gasteiger partial charge on any atom is 0.0768 e. The van der Waals surface area contributed by atoms with E-state index in [9.17, 15) is 0 Å². The fourth-order valence-corrected chi connectivity index (χ4v) is 3.68. The van der Waals surface area contributed by atoms with E-state index in [1.807, 2.05) is 0 Å². The van der Waals surface area contributed by atoms with Crippen molar-refractivity contribution in [1.82, 2.24) is 15.5 Å². The van der Waals surface area contributed by atoms with Gasteiger partial charge in [-0.05, 0) is 12.8 Å². The summed E-state index contributed by atoms with van der Waals surface area (Å²) in [5.74, 6) is 0. The Morgan fingerprint density at radius 3 is 3.05 bits per heavy atom. The first-order valence-corrected chi connectivity index (χ1v) is 8.27. The average molecular weight is 283 g/mol. The van der Waals surface area contributed by atoms with E-state index in [1.54, 1.807) is 0 Å². The van der Waals surface area contributed by atoms with Crippen LogP contribution in [0.3, 0.4) is 0 Å². The van der Waals surface area contributed by atoms with Crippen LogP contribution in [0.1, 0.15) is 26.2 Å². The molecule has 0 aromatic heterocycles. The predicted molar refractivity (Wildman–Crippen MR) is 79.0 cm³/mol. The van der Waals surface area contributed by atoms with Crippen LogP contribution in [-0.4, -0.2) is 75.1 Å². The lowest BCUT2D eigenvalue weighted by atomic mass is 10.1. The second-order valence-electron chi connectivity index (χ2n) is 6.31. The summed E-state index contributed by atoms with van der Waals surface area (Å²) in [4.78, 5) is 2.64. The van der Waals surface area contributed by atoms with Gasteiger partial charge in [-0.1, -0.05) is 13.3 Å². The summed E-state index contributed by atoms with van der Waals surface area (Å²) in [5, 5.41) is 7.09. The molecule has 0 aromatic rings. The van der Waals surface area contributed by atoms with E-state index in [1.165, 1.54) is 12.8 Å². The van der Waals surface area contributed by atoms with Crippen molar-refractivity contribution in [2.75, 3.05) is 46.0 Å². The first-order valence-electron chi connectivity index (χ1n) is 8.27. The topological polar surface area (TPSA) is 45.8 Å². The van der Waals surface area contributed by atoms with E-state index in [-0.39, 0.29) is 0 Å². The molecule has 3 rings (SSSR count). The van der Waals surface area contributed by atoms with Crippen LogP contribution < -0.4 is 10.6 Å². The van der Waals surface area contributed by atoms with Crippen LogP contribution in [0.25, 0.3) is 0 Å². The molecular formula is C15H29N3O2. The Bertz CT molecular complexity index is 297. The van der Waals surface area contributed by atoms with Crippen molar-refractivity contribution < 1.29 is 9.47 Å². The van der Waals surface area contributed by atoms with Gasteiger partial charge >= 0.3 is 0 Å². The summed E-state index contributed by atoms with van der Waals surface area (Å²) < 4.78 is 11.9. The van der Waals surface area contributed by atoms with E-state index in [0.29, 0.717) is 24.2 Å². The number of piperazine rings is 1. The lowest BCUT2D eigenvalue weighted by molar-refractivity contribution is -0.0492. The summed E-state index contributed by atoms with van der Waals surface area (Å²) in [5.41, 5.74) is 0. The number of unbranched alkanes of at least 4 members (excludes halogenated alkanes) is 1. The van der Waals surface area contributed by atoms with Crippen LogP contribution in [-0.2, 0) is 9.47 Å². The Labute approximate surface area is 122 Å². The van der Waals surface area contributed by atoms with E-state index in [2.05, 4.69) is 22.5 Å². The molecule has 3 saturated heterocycles. The van der Waals surface area contributed by atoms with Crippen molar-refractivity contribution in [3.63, 3.8) is 0 Å². The second-order valence-corrected chi connectivity index (χ2v) is 6.31. The minimum atomic E-state index is 0.380. The fraction of sp³-hybridized carbons (Fsp3) is 1.00. The molecule has 3 unspecified atom stereocenters. The number of rotatable bonds is 6. The molecule has 3 heterocycles. The van der Waals surface area contributed by atoms with Gasteiger partial charge in [-0.15, -0.1) is 0 Å². The van der Waals surface area contributed by atoms with Gasteiger partial charge in [0.25, 0.3) is 0 Å². The van der Waals surface area contributed by atoms with Gasteiger partial charge in [-0.2, -0.15) is 0 Å². The smallest absolute Gasteiger partial charge is 0.0768 e. The van der Waals surface area contributed by atoms with Crippen molar-refractivity contribution in [2.45, 2.75) is 50.4 Å². The first-order chi connectivity index (χ1) is 9.88. The van der Waals surface area contributed by atoms with E-state index in [4.69, 9.17) is 9.47 Å². The molecule has 0 amide bonds. The predicted octanol–water partition coefficient (Wildman–Crippen LogP) is 0.206. The Balaban J connectivity index is 1.54. The Morgan fingerprint density at radius 1 is 1.30 bits per heavy atom. The molecule has 0 spiro atoms. The minimum absolute atomic E-state index is 0.380. The molecule has 3 aliphatic heterocycles. The number of hydrogen-bond acceptors (Lipinski definition) is 5. The van der Waals surface area contributed by atoms with E-state index in [0.717, 1.165) is 52.4 Å². The molecule has 0 aliphatic carbocycles. The van der Waals surface area contributed by atoms with Crippen molar-refractivity contribution in [3.05, 3.63) is 0 Å². The third kappa shape index (κ3) is 3.34. The number of morpholine rings is 1. The Morgan fingerprint density at radius 2 is 2.25 bits per heavy atom. The zero-order valence-electron chi connectivity index (χ0n) is 12.6. The van der Waals surface area contributed by atoms with Crippen LogP contribution in [0.5, 0.6) is 0 Å². The summed E-state index contributed by atoms with van der Waals surface area (Å²) in [6.45, 7) is 9.22. The Hall–Kier alpha value is -0.200. The summed E-state index contributed by atoms with van der Waals surface area (Å²) in [6, 6.07) is 1.60. The third-order valence-corrected chi connectivity index (χ3v) is 4.81. The van der Waals surface area contributed by atoms with Crippen LogP contribution in [0.2, 0.25) is 0 Å². The van der Waals surface area contributed by atoms with Crippen LogP contribution >= 0.6 is 0 Å². The van der Waals surface area contributed by atoms with E-state index < -0.39 is 0 Å². The van der Waals surface area contributed by atoms with Gasteiger partial charge < -0.3 is 20.1 Å². The molecule has 0 radical (unpaired) electrons.